The van der Waals surface area contributed by atoms with E-state index in [2.05, 4.69) is 4.31 Å². The van der Waals surface area contributed by atoms with Gasteiger partial charge in [0.2, 0.25) is 0 Å². The zero-order valence-electron chi connectivity index (χ0n) is 7.32. The maximum absolute atomic E-state index is 9.44. The van der Waals surface area contributed by atoms with Crippen LogP contribution in [0.5, 0.6) is 0 Å². The van der Waals surface area contributed by atoms with E-state index < -0.39 is 23.5 Å². The quantitative estimate of drug-likeness (QED) is 0.270. The summed E-state index contributed by atoms with van der Waals surface area (Å²) in [4.78, 5) is 57.3. The average Bonchev–Trinajstić information content (AvgIpc) is 1.42. The number of hydrogen-bond donors (Lipinski definition) is 4. The summed E-state index contributed by atoms with van der Waals surface area (Å²) in [5.41, 5.74) is 0. The van der Waals surface area contributed by atoms with Crippen molar-refractivity contribution in [2.24, 2.45) is 0 Å². The van der Waals surface area contributed by atoms with E-state index in [1.54, 1.807) is 0 Å². The molecule has 0 spiro atoms. The summed E-state index contributed by atoms with van der Waals surface area (Å²) in [6.07, 6.45) is 0. The van der Waals surface area contributed by atoms with Crippen LogP contribution in [0.1, 0.15) is 0 Å². The van der Waals surface area contributed by atoms with Gasteiger partial charge >= 0.3 is 54.2 Å². The van der Waals surface area contributed by atoms with Crippen molar-refractivity contribution >= 4 is 23.5 Å². The van der Waals surface area contributed by atoms with Crippen LogP contribution < -0.4 is 44.2 Å². The fourth-order valence-electron chi connectivity index (χ4n) is 0.126. The van der Waals surface area contributed by atoms with Crippen molar-refractivity contribution in [3.8, 4) is 0 Å². The molecule has 0 aliphatic rings. The Morgan fingerprint density at radius 2 is 1.06 bits per heavy atom. The monoisotopic (exact) mass is 355 g/mol. The van der Waals surface area contributed by atoms with Crippen LogP contribution in [0, 0.1) is 0 Å². The molecule has 0 fully saturated rings. The number of rotatable bonds is 2. The van der Waals surface area contributed by atoms with Gasteiger partial charge in [-0.3, -0.25) is 8.88 Å². The third-order valence-corrected chi connectivity index (χ3v) is 1.83. The molecule has 95 valence electrons. The smallest absolute Gasteiger partial charge is 0.790 e. The fourth-order valence-corrected chi connectivity index (χ4v) is 1.14. The second-order valence-electron chi connectivity index (χ2n) is 1.51. The van der Waals surface area contributed by atoms with E-state index in [0.29, 0.717) is 0 Å². The molecule has 0 saturated carbocycles. The van der Waals surface area contributed by atoms with Crippen molar-refractivity contribution in [3.63, 3.8) is 0 Å². The van der Waals surface area contributed by atoms with E-state index in [1.165, 1.54) is 0 Å². The molecular formula is H4CoNaO11P3. The molecule has 0 aromatic rings. The van der Waals surface area contributed by atoms with Gasteiger partial charge in [0.25, 0.3) is 7.82 Å². The van der Waals surface area contributed by atoms with Crippen LogP contribution in [-0.2, 0) is 34.8 Å². The summed E-state index contributed by atoms with van der Waals surface area (Å²) in [5, 5.41) is 0. The van der Waals surface area contributed by atoms with Crippen molar-refractivity contribution < 1.29 is 98.6 Å². The summed E-state index contributed by atoms with van der Waals surface area (Å²) in [6, 6.07) is 0. The van der Waals surface area contributed by atoms with Crippen molar-refractivity contribution in [1.82, 2.24) is 0 Å². The molecule has 1 atom stereocenters. The Hall–Kier alpha value is 1.88. The number of phosphoric acid groups is 3. The molecule has 0 aromatic heterocycles. The van der Waals surface area contributed by atoms with Gasteiger partial charge in [-0.2, -0.15) is 0 Å². The maximum atomic E-state index is 9.44. The van der Waals surface area contributed by atoms with E-state index >= 15 is 0 Å². The first-order valence-corrected chi connectivity index (χ1v) is 6.78. The van der Waals surface area contributed by atoms with E-state index in [1.807, 2.05) is 0 Å². The van der Waals surface area contributed by atoms with Gasteiger partial charge in [0.15, 0.2) is 0 Å². The maximum Gasteiger partial charge on any atom is 2.00 e. The van der Waals surface area contributed by atoms with Gasteiger partial charge in [0.1, 0.15) is 0 Å². The summed E-state index contributed by atoms with van der Waals surface area (Å²) in [7, 11) is -15.7. The van der Waals surface area contributed by atoms with Crippen LogP contribution in [0.2, 0.25) is 0 Å². The normalized spacial score (nSPS) is 14.4. The third-order valence-electron chi connectivity index (χ3n) is 0.203. The summed E-state index contributed by atoms with van der Waals surface area (Å²) in [6.45, 7) is 0. The van der Waals surface area contributed by atoms with E-state index in [4.69, 9.17) is 24.1 Å². The molecule has 1 radical (unpaired) electrons. The zero-order chi connectivity index (χ0) is 12.2. The van der Waals surface area contributed by atoms with Gasteiger partial charge in [-0.15, -0.1) is 0 Å². The molecule has 0 amide bonds. The summed E-state index contributed by atoms with van der Waals surface area (Å²) < 4.78 is 30.3. The van der Waals surface area contributed by atoms with Crippen LogP contribution in [0.3, 0.4) is 0 Å². The first kappa shape index (κ1) is 26.4. The molecule has 0 heterocycles. The Kier molecular flexibility index (Phi) is 16.1. The summed E-state index contributed by atoms with van der Waals surface area (Å²) in [5.74, 6) is 0. The van der Waals surface area contributed by atoms with Crippen molar-refractivity contribution in [3.05, 3.63) is 0 Å². The summed E-state index contributed by atoms with van der Waals surface area (Å²) >= 11 is 0. The molecule has 16 heavy (non-hydrogen) atoms. The van der Waals surface area contributed by atoms with E-state index in [9.17, 15) is 23.8 Å². The van der Waals surface area contributed by atoms with Crippen LogP contribution in [0.4, 0.5) is 0 Å². The van der Waals surface area contributed by atoms with Gasteiger partial charge in [-0.25, -0.2) is 4.57 Å². The predicted molar refractivity (Wildman–Crippen MR) is 32.8 cm³/mol. The second-order valence-corrected chi connectivity index (χ2v) is 5.02. The molecule has 0 aliphatic heterocycles. The van der Waals surface area contributed by atoms with Crippen LogP contribution >= 0.6 is 23.5 Å². The Labute approximate surface area is 121 Å². The van der Waals surface area contributed by atoms with E-state index in [-0.39, 0.29) is 46.3 Å². The first-order valence-electron chi connectivity index (χ1n) is 2.26. The first-order chi connectivity index (χ1) is 5.71. The Balaban J connectivity index is -0.0000000904. The zero-order valence-corrected chi connectivity index (χ0v) is 13.0. The molecule has 0 saturated heterocycles. The molecule has 11 nitrogen and oxygen atoms in total. The predicted octanol–water partition coefficient (Wildman–Crippen LogP) is -6.63. The molecular weight excluding hydrogens is 351 g/mol. The fraction of sp³-hybridized carbons (Fsp3) is 0. The van der Waals surface area contributed by atoms with Crippen LogP contribution in [0.25, 0.3) is 0 Å². The van der Waals surface area contributed by atoms with Gasteiger partial charge in [0, 0.05) is 0 Å². The average molecular weight is 355 g/mol. The van der Waals surface area contributed by atoms with Crippen LogP contribution in [-0.4, -0.2) is 19.6 Å². The minimum atomic E-state index is -5.61. The molecule has 16 heteroatoms. The van der Waals surface area contributed by atoms with Gasteiger partial charge in [-0.05, 0) is 0 Å². The van der Waals surface area contributed by atoms with Crippen molar-refractivity contribution in [2.75, 3.05) is 0 Å². The van der Waals surface area contributed by atoms with Gasteiger partial charge < -0.3 is 38.8 Å². The van der Waals surface area contributed by atoms with Crippen LogP contribution in [0.15, 0.2) is 0 Å². The number of hydrogen-bond acceptors (Lipinski definition) is 7. The minimum Gasteiger partial charge on any atom is -0.790 e. The molecule has 0 aromatic carbocycles. The topological polar surface area (TPSA) is 211 Å². The van der Waals surface area contributed by atoms with Crippen molar-refractivity contribution in [1.29, 1.82) is 0 Å². The SMILES string of the molecule is O=P(O)(O)O.O=P([O-])([O-])OP(=O)([O-])O.[Co+2].[Na+]. The van der Waals surface area contributed by atoms with E-state index in [0.717, 1.165) is 0 Å². The largest absolute Gasteiger partial charge is 2.00 e. The minimum absolute atomic E-state index is 0. The Bertz CT molecular complexity index is 264. The molecule has 0 bridgehead atoms. The van der Waals surface area contributed by atoms with Gasteiger partial charge in [-0.1, -0.05) is 0 Å². The standard InChI is InChI=1S/Co.Na.H4O7P2.H3O4P/c;;1-8(2,3)7-9(4,5)6;1-5(2,3)4/h;;(H2,1,2,3)(H2,4,5,6);(H3,1,2,3,4)/q+2;+1;;/p-3. The molecule has 0 rings (SSSR count). The third kappa shape index (κ3) is 56.6. The molecule has 4 N–H and O–H groups in total. The van der Waals surface area contributed by atoms with Gasteiger partial charge in [0.05, 0.1) is 7.82 Å². The Morgan fingerprint density at radius 1 is 0.875 bits per heavy atom. The van der Waals surface area contributed by atoms with Crippen molar-refractivity contribution in [2.45, 2.75) is 0 Å². The second kappa shape index (κ2) is 9.76. The Morgan fingerprint density at radius 3 is 1.06 bits per heavy atom. The molecule has 1 unspecified atom stereocenters. The molecule has 0 aliphatic carbocycles.